The number of aliphatic hydroxyl groups is 5. The molecular weight excluding hydrogens is 396 g/mol. The third-order valence-electron chi connectivity index (χ3n) is 5.75. The second kappa shape index (κ2) is 8.06. The van der Waals surface area contributed by atoms with E-state index in [1.807, 2.05) is 0 Å². The van der Waals surface area contributed by atoms with Gasteiger partial charge >= 0.3 is 5.97 Å². The topological polar surface area (TPSA) is 174 Å². The summed E-state index contributed by atoms with van der Waals surface area (Å²) in [4.78, 5) is 12.1. The standard InChI is InChI=1S/C17H24O12/c1-24-14(22)6-4-25-16(9-5(6)2-8-27-13(9)15(23)28-8)29-17-12(21)11(20)10(19)7(3-18)26-17/h4-5,7-13,15-21,23H,2-3H2,1H3/t5-,7-,8+,9+,10-,11+,12-,13+,15-,16+,17+/m1/s1. The van der Waals surface area contributed by atoms with Crippen LogP contribution in [0.1, 0.15) is 6.42 Å². The summed E-state index contributed by atoms with van der Waals surface area (Å²) in [5.74, 6) is -1.83. The Labute approximate surface area is 165 Å². The van der Waals surface area contributed by atoms with Crippen LogP contribution in [0.3, 0.4) is 0 Å². The Bertz CT molecular complexity index is 652. The van der Waals surface area contributed by atoms with Crippen molar-refractivity contribution in [3.8, 4) is 0 Å². The average Bonchev–Trinajstić information content (AvgIpc) is 3.01. The highest BCUT2D eigenvalue weighted by atomic mass is 16.8. The first-order valence-corrected chi connectivity index (χ1v) is 9.24. The number of carbonyl (C=O) groups excluding carboxylic acids is 1. The maximum absolute atomic E-state index is 12.1. The van der Waals surface area contributed by atoms with E-state index in [1.54, 1.807) is 0 Å². The number of hydrogen-bond acceptors (Lipinski definition) is 12. The number of carbonyl (C=O) groups is 1. The first-order chi connectivity index (χ1) is 13.8. The normalized spacial score (nSPS) is 49.0. The quantitative estimate of drug-likeness (QED) is 0.291. The fourth-order valence-electron chi connectivity index (χ4n) is 4.24. The van der Waals surface area contributed by atoms with Crippen molar-refractivity contribution in [2.24, 2.45) is 11.8 Å². The average molecular weight is 420 g/mol. The van der Waals surface area contributed by atoms with Crippen LogP contribution in [-0.4, -0.2) is 101 Å². The Hall–Kier alpha value is -1.35. The second-order valence-corrected chi connectivity index (χ2v) is 7.38. The Balaban J connectivity index is 1.58. The zero-order valence-corrected chi connectivity index (χ0v) is 15.4. The molecule has 0 aromatic rings. The molecule has 5 N–H and O–H groups in total. The fraction of sp³-hybridized carbons (Fsp3) is 0.824. The lowest BCUT2D eigenvalue weighted by Crippen LogP contribution is -2.61. The predicted octanol–water partition coefficient (Wildman–Crippen LogP) is -3.09. The van der Waals surface area contributed by atoms with Crippen LogP contribution in [0, 0.1) is 11.8 Å². The van der Waals surface area contributed by atoms with Crippen LogP contribution in [-0.2, 0) is 33.2 Å². The maximum Gasteiger partial charge on any atom is 0.337 e. The number of rotatable bonds is 4. The highest BCUT2D eigenvalue weighted by Gasteiger charge is 2.57. The van der Waals surface area contributed by atoms with Crippen molar-refractivity contribution in [2.45, 2.75) is 62.1 Å². The van der Waals surface area contributed by atoms with Gasteiger partial charge in [-0.25, -0.2) is 4.79 Å². The van der Waals surface area contributed by atoms with Crippen molar-refractivity contribution in [1.82, 2.24) is 0 Å². The summed E-state index contributed by atoms with van der Waals surface area (Å²) < 4.78 is 32.3. The van der Waals surface area contributed by atoms with Crippen molar-refractivity contribution in [3.05, 3.63) is 11.8 Å². The number of esters is 1. The molecule has 12 heteroatoms. The summed E-state index contributed by atoms with van der Waals surface area (Å²) >= 11 is 0. The molecule has 164 valence electrons. The molecule has 11 atom stereocenters. The molecule has 2 bridgehead atoms. The van der Waals surface area contributed by atoms with E-state index in [1.165, 1.54) is 13.4 Å². The van der Waals surface area contributed by atoms with Gasteiger partial charge in [-0.05, 0) is 0 Å². The molecule has 0 radical (unpaired) electrons. The third-order valence-corrected chi connectivity index (χ3v) is 5.75. The first-order valence-electron chi connectivity index (χ1n) is 9.24. The molecule has 4 aliphatic rings. The number of aliphatic hydroxyl groups excluding tert-OH is 5. The largest absolute Gasteiger partial charge is 0.471 e. The molecule has 0 aromatic heterocycles. The van der Waals surface area contributed by atoms with Gasteiger partial charge in [0.1, 0.15) is 30.5 Å². The maximum atomic E-state index is 12.1. The van der Waals surface area contributed by atoms with Gasteiger partial charge in [0.05, 0.1) is 31.5 Å². The molecule has 3 fully saturated rings. The molecule has 3 saturated heterocycles. The van der Waals surface area contributed by atoms with Crippen molar-refractivity contribution in [1.29, 1.82) is 0 Å². The van der Waals surface area contributed by atoms with Gasteiger partial charge in [-0.3, -0.25) is 0 Å². The first kappa shape index (κ1) is 20.9. The van der Waals surface area contributed by atoms with E-state index >= 15 is 0 Å². The molecule has 0 amide bonds. The van der Waals surface area contributed by atoms with Crippen LogP contribution >= 0.6 is 0 Å². The van der Waals surface area contributed by atoms with Crippen molar-refractivity contribution >= 4 is 5.97 Å². The van der Waals surface area contributed by atoms with Crippen LogP contribution in [0.4, 0.5) is 0 Å². The van der Waals surface area contributed by atoms with E-state index in [0.717, 1.165) is 0 Å². The Kier molecular flexibility index (Phi) is 5.81. The second-order valence-electron chi connectivity index (χ2n) is 7.38. The summed E-state index contributed by atoms with van der Waals surface area (Å²) in [6.45, 7) is -0.616. The van der Waals surface area contributed by atoms with Gasteiger partial charge in [-0.2, -0.15) is 0 Å². The van der Waals surface area contributed by atoms with E-state index in [0.29, 0.717) is 0 Å². The van der Waals surface area contributed by atoms with Crippen LogP contribution in [0.2, 0.25) is 0 Å². The SMILES string of the molecule is COC(=O)C1=CO[C@@H](O[C@@H]2O[C@H](CO)[C@@H](O)[C@H](O)[C@H]2O)[C@@H]2[C@@H]3O[C@H](C[C@H]12)O[C@H]3O. The molecule has 4 heterocycles. The number of ether oxygens (including phenoxy) is 6. The number of hydrogen-bond donors (Lipinski definition) is 5. The van der Waals surface area contributed by atoms with Gasteiger partial charge < -0.3 is 54.0 Å². The summed E-state index contributed by atoms with van der Waals surface area (Å²) in [6, 6.07) is 0. The smallest absolute Gasteiger partial charge is 0.337 e. The lowest BCUT2D eigenvalue weighted by atomic mass is 9.77. The van der Waals surface area contributed by atoms with Gasteiger partial charge in [-0.1, -0.05) is 0 Å². The van der Waals surface area contributed by atoms with Crippen LogP contribution in [0.15, 0.2) is 11.8 Å². The number of fused-ring (bicyclic) bond motifs is 4. The zero-order valence-electron chi connectivity index (χ0n) is 15.4. The third kappa shape index (κ3) is 3.54. The Morgan fingerprint density at radius 3 is 2.55 bits per heavy atom. The highest BCUT2D eigenvalue weighted by Crippen LogP contribution is 2.47. The molecule has 12 nitrogen and oxygen atoms in total. The van der Waals surface area contributed by atoms with Crippen LogP contribution < -0.4 is 0 Å². The summed E-state index contributed by atoms with van der Waals surface area (Å²) in [6.07, 6.45) is -10.0. The minimum atomic E-state index is -1.64. The van der Waals surface area contributed by atoms with Gasteiger partial charge in [0.15, 0.2) is 18.9 Å². The van der Waals surface area contributed by atoms with E-state index in [-0.39, 0.29) is 12.0 Å². The van der Waals surface area contributed by atoms with E-state index in [2.05, 4.69) is 0 Å². The van der Waals surface area contributed by atoms with Crippen molar-refractivity contribution in [2.75, 3.05) is 13.7 Å². The number of methoxy groups -OCH3 is 1. The predicted molar refractivity (Wildman–Crippen MR) is 87.2 cm³/mol. The summed E-state index contributed by atoms with van der Waals surface area (Å²) in [5.41, 5.74) is 0.224. The minimum absolute atomic E-state index is 0.224. The molecule has 29 heavy (non-hydrogen) atoms. The minimum Gasteiger partial charge on any atom is -0.471 e. The van der Waals surface area contributed by atoms with E-state index < -0.39 is 80.1 Å². The Morgan fingerprint density at radius 1 is 1.10 bits per heavy atom. The molecule has 0 aliphatic carbocycles. The zero-order chi connectivity index (χ0) is 20.9. The fourth-order valence-corrected chi connectivity index (χ4v) is 4.24. The van der Waals surface area contributed by atoms with Crippen LogP contribution in [0.25, 0.3) is 0 Å². The Morgan fingerprint density at radius 2 is 1.86 bits per heavy atom. The summed E-state index contributed by atoms with van der Waals surface area (Å²) in [5, 5.41) is 49.6. The molecule has 0 unspecified atom stereocenters. The molecule has 0 saturated carbocycles. The molecule has 4 aliphatic heterocycles. The van der Waals surface area contributed by atoms with Gasteiger partial charge in [0, 0.05) is 12.3 Å². The van der Waals surface area contributed by atoms with E-state index in [9.17, 15) is 30.3 Å². The lowest BCUT2D eigenvalue weighted by molar-refractivity contribution is -0.348. The molecule has 4 rings (SSSR count). The van der Waals surface area contributed by atoms with Gasteiger partial charge in [0.25, 0.3) is 0 Å². The van der Waals surface area contributed by atoms with E-state index in [4.69, 9.17) is 28.4 Å². The van der Waals surface area contributed by atoms with Crippen molar-refractivity contribution in [3.63, 3.8) is 0 Å². The highest BCUT2D eigenvalue weighted by molar-refractivity contribution is 5.88. The van der Waals surface area contributed by atoms with Crippen LogP contribution in [0.5, 0.6) is 0 Å². The molecule has 0 spiro atoms. The lowest BCUT2D eigenvalue weighted by Gasteiger charge is -2.45. The van der Waals surface area contributed by atoms with Crippen molar-refractivity contribution < 1.29 is 58.7 Å². The van der Waals surface area contributed by atoms with Gasteiger partial charge in [0.2, 0.25) is 6.29 Å². The molecule has 0 aromatic carbocycles. The summed E-state index contributed by atoms with van der Waals surface area (Å²) in [7, 11) is 1.23. The van der Waals surface area contributed by atoms with Gasteiger partial charge in [-0.15, -0.1) is 0 Å². The molecular formula is C17H24O12. The monoisotopic (exact) mass is 420 g/mol.